The van der Waals surface area contributed by atoms with Crippen molar-refractivity contribution in [3.05, 3.63) is 12.7 Å². The van der Waals surface area contributed by atoms with Crippen LogP contribution in [0.1, 0.15) is 19.8 Å². The van der Waals surface area contributed by atoms with Crippen LogP contribution in [-0.4, -0.2) is 49.5 Å². The Hall–Kier alpha value is -2.29. The fourth-order valence-electron chi connectivity index (χ4n) is 2.21. The highest BCUT2D eigenvalue weighted by atomic mass is 16.5. The summed E-state index contributed by atoms with van der Waals surface area (Å²) in [4.78, 5) is 16.3. The lowest BCUT2D eigenvalue weighted by Crippen LogP contribution is -2.33. The lowest BCUT2D eigenvalue weighted by Gasteiger charge is -2.33. The van der Waals surface area contributed by atoms with E-state index in [9.17, 15) is 0 Å². The molecule has 112 valence electrons. The van der Waals surface area contributed by atoms with Gasteiger partial charge in [-0.25, -0.2) is 4.98 Å². The third-order valence-electron chi connectivity index (χ3n) is 3.64. The smallest absolute Gasteiger partial charge is 0.258 e. The Bertz CT molecular complexity index is 593. The van der Waals surface area contributed by atoms with E-state index in [4.69, 9.17) is 10.5 Å². The molecule has 0 radical (unpaired) electrons. The van der Waals surface area contributed by atoms with E-state index in [1.165, 1.54) is 17.3 Å². The molecular formula is C12H18N8O. The van der Waals surface area contributed by atoms with Crippen molar-refractivity contribution in [1.82, 2.24) is 29.7 Å². The molecule has 0 amide bonds. The predicted octanol–water partition coefficient (Wildman–Crippen LogP) is 0.263. The molecule has 21 heavy (non-hydrogen) atoms. The zero-order valence-electron chi connectivity index (χ0n) is 11.9. The molecule has 1 saturated heterocycles. The van der Waals surface area contributed by atoms with E-state index in [1.54, 1.807) is 0 Å². The Morgan fingerprint density at radius 2 is 2.14 bits per heavy atom. The van der Waals surface area contributed by atoms with Gasteiger partial charge in [-0.05, 0) is 18.3 Å². The molecule has 1 aliphatic heterocycles. The van der Waals surface area contributed by atoms with Gasteiger partial charge in [-0.3, -0.25) is 0 Å². The van der Waals surface area contributed by atoms with Crippen LogP contribution in [-0.2, 0) is 4.74 Å². The van der Waals surface area contributed by atoms with Gasteiger partial charge in [0.2, 0.25) is 11.9 Å². The van der Waals surface area contributed by atoms with Crippen LogP contribution in [0.3, 0.4) is 0 Å². The number of nitrogen functional groups attached to an aromatic ring is 1. The van der Waals surface area contributed by atoms with Gasteiger partial charge in [0, 0.05) is 19.8 Å². The first-order chi connectivity index (χ1) is 10.1. The lowest BCUT2D eigenvalue weighted by atomic mass is 9.82. The summed E-state index contributed by atoms with van der Waals surface area (Å²) in [6, 6.07) is 0. The molecule has 1 fully saturated rings. The standard InChI is InChI=1S/C12H18N8O/c1-12(2-4-21-5-3-12)6-15-10-17-9(13)18-11(19-10)20-8-14-7-16-20/h7-8H,2-6H2,1H3,(H3,13,15,17,18,19). The topological polar surface area (TPSA) is 117 Å². The molecule has 2 aromatic heterocycles. The Morgan fingerprint density at radius 3 is 2.86 bits per heavy atom. The first kappa shape index (κ1) is 13.7. The van der Waals surface area contributed by atoms with Crippen molar-refractivity contribution >= 4 is 11.9 Å². The van der Waals surface area contributed by atoms with Crippen molar-refractivity contribution in [1.29, 1.82) is 0 Å². The summed E-state index contributed by atoms with van der Waals surface area (Å²) >= 11 is 0. The van der Waals surface area contributed by atoms with Crippen LogP contribution in [0.5, 0.6) is 0 Å². The van der Waals surface area contributed by atoms with Crippen LogP contribution in [0, 0.1) is 5.41 Å². The number of anilines is 2. The molecule has 0 aromatic carbocycles. The van der Waals surface area contributed by atoms with Crippen LogP contribution < -0.4 is 11.1 Å². The highest BCUT2D eigenvalue weighted by Gasteiger charge is 2.27. The van der Waals surface area contributed by atoms with Gasteiger partial charge >= 0.3 is 0 Å². The first-order valence-electron chi connectivity index (χ1n) is 6.83. The maximum atomic E-state index is 5.72. The largest absolute Gasteiger partial charge is 0.381 e. The van der Waals surface area contributed by atoms with Crippen LogP contribution >= 0.6 is 0 Å². The molecule has 0 atom stereocenters. The van der Waals surface area contributed by atoms with Gasteiger partial charge in [0.25, 0.3) is 5.95 Å². The van der Waals surface area contributed by atoms with E-state index in [-0.39, 0.29) is 11.4 Å². The van der Waals surface area contributed by atoms with Crippen LogP contribution in [0.2, 0.25) is 0 Å². The second kappa shape index (κ2) is 5.60. The van der Waals surface area contributed by atoms with E-state index in [1.807, 2.05) is 0 Å². The Kier molecular flexibility index (Phi) is 3.65. The molecule has 1 aliphatic rings. The Balaban J connectivity index is 1.73. The third kappa shape index (κ3) is 3.24. The summed E-state index contributed by atoms with van der Waals surface area (Å²) in [6.07, 6.45) is 4.95. The van der Waals surface area contributed by atoms with Gasteiger partial charge in [0.05, 0.1) is 0 Å². The van der Waals surface area contributed by atoms with Gasteiger partial charge in [0.15, 0.2) is 0 Å². The van der Waals surface area contributed by atoms with Crippen molar-refractivity contribution in [2.24, 2.45) is 5.41 Å². The number of hydrogen-bond acceptors (Lipinski definition) is 8. The summed E-state index contributed by atoms with van der Waals surface area (Å²) < 4.78 is 6.84. The zero-order chi connectivity index (χ0) is 14.7. The van der Waals surface area contributed by atoms with E-state index in [2.05, 4.69) is 37.3 Å². The van der Waals surface area contributed by atoms with E-state index in [0.717, 1.165) is 32.6 Å². The third-order valence-corrected chi connectivity index (χ3v) is 3.64. The number of ether oxygens (including phenoxy) is 1. The molecule has 0 spiro atoms. The maximum Gasteiger partial charge on any atom is 0.258 e. The molecule has 0 unspecified atom stereocenters. The molecule has 3 N–H and O–H groups in total. The highest BCUT2D eigenvalue weighted by molar-refractivity contribution is 5.34. The van der Waals surface area contributed by atoms with Crippen molar-refractivity contribution < 1.29 is 4.74 Å². The highest BCUT2D eigenvalue weighted by Crippen LogP contribution is 2.29. The van der Waals surface area contributed by atoms with Gasteiger partial charge in [-0.1, -0.05) is 6.92 Å². The number of nitrogens with two attached hydrogens (primary N) is 1. The van der Waals surface area contributed by atoms with E-state index < -0.39 is 0 Å². The summed E-state index contributed by atoms with van der Waals surface area (Å²) in [5, 5.41) is 7.22. The summed E-state index contributed by atoms with van der Waals surface area (Å²) in [5.41, 5.74) is 5.90. The quantitative estimate of drug-likeness (QED) is 0.823. The number of aromatic nitrogens is 6. The van der Waals surface area contributed by atoms with Crippen molar-refractivity contribution in [3.63, 3.8) is 0 Å². The molecule has 0 bridgehead atoms. The molecule has 9 heteroatoms. The Morgan fingerprint density at radius 1 is 1.33 bits per heavy atom. The molecule has 0 aliphatic carbocycles. The van der Waals surface area contributed by atoms with Crippen LogP contribution in [0.15, 0.2) is 12.7 Å². The molecular weight excluding hydrogens is 272 g/mol. The monoisotopic (exact) mass is 290 g/mol. The average Bonchev–Trinajstić information content (AvgIpc) is 3.00. The summed E-state index contributed by atoms with van der Waals surface area (Å²) in [6.45, 7) is 4.57. The first-order valence-corrected chi connectivity index (χ1v) is 6.83. The molecule has 0 saturated carbocycles. The maximum absolute atomic E-state index is 5.72. The molecule has 3 heterocycles. The number of nitrogens with zero attached hydrogens (tertiary/aromatic N) is 6. The van der Waals surface area contributed by atoms with Crippen molar-refractivity contribution in [2.45, 2.75) is 19.8 Å². The van der Waals surface area contributed by atoms with Gasteiger partial charge < -0.3 is 15.8 Å². The van der Waals surface area contributed by atoms with Crippen molar-refractivity contribution in [2.75, 3.05) is 30.8 Å². The normalized spacial score (nSPS) is 17.6. The second-order valence-electron chi connectivity index (χ2n) is 5.43. The number of hydrogen-bond donors (Lipinski definition) is 2. The van der Waals surface area contributed by atoms with Crippen LogP contribution in [0.25, 0.3) is 5.95 Å². The minimum atomic E-state index is 0.148. The SMILES string of the molecule is CC1(CNc2nc(N)nc(-n3cncn3)n2)CCOCC1. The molecule has 2 aromatic rings. The van der Waals surface area contributed by atoms with Gasteiger partial charge in [-0.15, -0.1) is 0 Å². The fraction of sp³-hybridized carbons (Fsp3) is 0.583. The van der Waals surface area contributed by atoms with E-state index >= 15 is 0 Å². The van der Waals surface area contributed by atoms with Crippen molar-refractivity contribution in [3.8, 4) is 5.95 Å². The number of rotatable bonds is 4. The average molecular weight is 290 g/mol. The van der Waals surface area contributed by atoms with Crippen LogP contribution in [0.4, 0.5) is 11.9 Å². The van der Waals surface area contributed by atoms with Gasteiger partial charge in [-0.2, -0.15) is 24.7 Å². The van der Waals surface area contributed by atoms with Gasteiger partial charge in [0.1, 0.15) is 12.7 Å². The zero-order valence-corrected chi connectivity index (χ0v) is 11.9. The lowest BCUT2D eigenvalue weighted by molar-refractivity contribution is 0.0299. The predicted molar refractivity (Wildman–Crippen MR) is 75.8 cm³/mol. The minimum absolute atomic E-state index is 0.148. The fourth-order valence-corrected chi connectivity index (χ4v) is 2.21. The Labute approximate surface area is 122 Å². The molecule has 3 rings (SSSR count). The minimum Gasteiger partial charge on any atom is -0.381 e. The number of nitrogens with one attached hydrogen (secondary N) is 1. The van der Waals surface area contributed by atoms with E-state index in [0.29, 0.717) is 11.9 Å². The summed E-state index contributed by atoms with van der Waals surface area (Å²) in [7, 11) is 0. The summed E-state index contributed by atoms with van der Waals surface area (Å²) in [5.74, 6) is 0.940. The second-order valence-corrected chi connectivity index (χ2v) is 5.43. The molecule has 9 nitrogen and oxygen atoms in total.